The van der Waals surface area contributed by atoms with Crippen LogP contribution in [0.3, 0.4) is 0 Å². The molecule has 4 aromatic rings. The first-order valence-corrected chi connectivity index (χ1v) is 8.83. The molecule has 1 N–H and O–H groups in total. The second-order valence-corrected chi connectivity index (χ2v) is 6.64. The molecule has 0 amide bonds. The highest BCUT2D eigenvalue weighted by atomic mass is 32.1. The van der Waals surface area contributed by atoms with Crippen LogP contribution in [-0.2, 0) is 0 Å². The van der Waals surface area contributed by atoms with E-state index in [4.69, 9.17) is 9.15 Å². The fraction of sp³-hybridized carbons (Fsp3) is 0.0556. The maximum absolute atomic E-state index is 12.3. The number of hydrogen-bond acceptors (Lipinski definition) is 9. The number of benzene rings is 2. The van der Waals surface area contributed by atoms with Crippen LogP contribution in [0.4, 0.5) is 16.5 Å². The van der Waals surface area contributed by atoms with Crippen LogP contribution in [0, 0.1) is 10.1 Å². The molecule has 10 heteroatoms. The van der Waals surface area contributed by atoms with Gasteiger partial charge in [-0.2, -0.15) is 0 Å². The second-order valence-electron chi connectivity index (χ2n) is 5.66. The normalized spacial score (nSPS) is 10.8. The third-order valence-corrected chi connectivity index (χ3v) is 4.80. The van der Waals surface area contributed by atoms with Gasteiger partial charge in [0.25, 0.3) is 5.69 Å². The summed E-state index contributed by atoms with van der Waals surface area (Å²) in [7, 11) is 1.56. The first-order valence-electron chi connectivity index (χ1n) is 8.01. The van der Waals surface area contributed by atoms with Crippen molar-refractivity contribution in [2.75, 3.05) is 12.4 Å². The highest BCUT2D eigenvalue weighted by Crippen LogP contribution is 2.32. The minimum atomic E-state index is -0.596. The molecule has 0 aliphatic heterocycles. The number of nitrogens with one attached hydrogen (secondary N) is 1. The zero-order valence-corrected chi connectivity index (χ0v) is 15.2. The number of rotatable bonds is 5. The molecule has 0 saturated heterocycles. The van der Waals surface area contributed by atoms with E-state index in [2.05, 4.69) is 15.5 Å². The van der Waals surface area contributed by atoms with Crippen LogP contribution < -0.4 is 15.7 Å². The molecule has 0 fully saturated rings. The summed E-state index contributed by atoms with van der Waals surface area (Å²) in [5, 5.41) is 23.4. The van der Waals surface area contributed by atoms with E-state index in [1.165, 1.54) is 24.3 Å². The molecule has 0 bridgehead atoms. The maximum Gasteiger partial charge on any atom is 0.346 e. The van der Waals surface area contributed by atoms with Gasteiger partial charge in [0.1, 0.15) is 11.3 Å². The Balaban J connectivity index is 1.71. The molecular formula is C18H12N4O5S. The van der Waals surface area contributed by atoms with Gasteiger partial charge in [0, 0.05) is 17.5 Å². The lowest BCUT2D eigenvalue weighted by atomic mass is 10.2. The number of hydrogen-bond donors (Lipinski definition) is 1. The number of para-hydroxylation sites is 2. The molecule has 0 saturated carbocycles. The van der Waals surface area contributed by atoms with Crippen LogP contribution in [0.15, 0.2) is 57.7 Å². The molecule has 4 rings (SSSR count). The summed E-state index contributed by atoms with van der Waals surface area (Å²) in [4.78, 5) is 22.8. The lowest BCUT2D eigenvalue weighted by Crippen LogP contribution is -2.02. The van der Waals surface area contributed by atoms with Gasteiger partial charge in [0.15, 0.2) is 5.01 Å². The average Bonchev–Trinajstić information content (AvgIpc) is 3.15. The Kier molecular flexibility index (Phi) is 4.45. The zero-order valence-electron chi connectivity index (χ0n) is 14.4. The van der Waals surface area contributed by atoms with E-state index < -0.39 is 10.5 Å². The molecule has 0 aliphatic rings. The van der Waals surface area contributed by atoms with Gasteiger partial charge < -0.3 is 14.5 Å². The maximum atomic E-state index is 12.3. The Hall–Kier alpha value is -3.79. The van der Waals surface area contributed by atoms with Crippen LogP contribution in [0.2, 0.25) is 0 Å². The summed E-state index contributed by atoms with van der Waals surface area (Å²) in [5.74, 6) is 0.636. The number of non-ortho nitro benzene ring substituents is 1. The van der Waals surface area contributed by atoms with Crippen molar-refractivity contribution in [3.05, 3.63) is 69.1 Å². The van der Waals surface area contributed by atoms with E-state index in [1.807, 2.05) is 18.2 Å². The van der Waals surface area contributed by atoms with Crippen LogP contribution in [0.5, 0.6) is 5.75 Å². The quantitative estimate of drug-likeness (QED) is 0.306. The van der Waals surface area contributed by atoms with E-state index in [1.54, 1.807) is 13.2 Å². The Morgan fingerprint density at radius 3 is 2.79 bits per heavy atom. The molecule has 0 atom stereocenters. The number of nitro benzene ring substituents is 1. The van der Waals surface area contributed by atoms with Gasteiger partial charge in [0.2, 0.25) is 5.13 Å². The summed E-state index contributed by atoms with van der Waals surface area (Å²) in [6, 6.07) is 12.8. The van der Waals surface area contributed by atoms with E-state index in [0.717, 1.165) is 11.3 Å². The average molecular weight is 396 g/mol. The van der Waals surface area contributed by atoms with E-state index in [0.29, 0.717) is 27.0 Å². The number of nitrogens with zero attached hydrogens (tertiary/aromatic N) is 3. The Morgan fingerprint density at radius 1 is 1.18 bits per heavy atom. The fourth-order valence-electron chi connectivity index (χ4n) is 2.62. The SMILES string of the molecule is COc1ccccc1Nc1nnc(-c2cc3cc([N+](=O)[O-])ccc3oc2=O)s1. The first kappa shape index (κ1) is 17.6. The monoisotopic (exact) mass is 396 g/mol. The molecule has 0 unspecified atom stereocenters. The number of aromatic nitrogens is 2. The third kappa shape index (κ3) is 3.28. The molecule has 0 spiro atoms. The topological polar surface area (TPSA) is 120 Å². The summed E-state index contributed by atoms with van der Waals surface area (Å²) < 4.78 is 10.5. The van der Waals surface area contributed by atoms with E-state index >= 15 is 0 Å². The first-order chi connectivity index (χ1) is 13.5. The smallest absolute Gasteiger partial charge is 0.346 e. The van der Waals surface area contributed by atoms with Gasteiger partial charge in [-0.25, -0.2) is 4.79 Å². The lowest BCUT2D eigenvalue weighted by molar-refractivity contribution is -0.384. The molecule has 28 heavy (non-hydrogen) atoms. The van der Waals surface area contributed by atoms with Gasteiger partial charge in [-0.1, -0.05) is 23.5 Å². The van der Waals surface area contributed by atoms with Crippen molar-refractivity contribution in [2.24, 2.45) is 0 Å². The molecule has 0 aliphatic carbocycles. The van der Waals surface area contributed by atoms with Crippen molar-refractivity contribution >= 4 is 38.8 Å². The second kappa shape index (κ2) is 7.08. The molecule has 9 nitrogen and oxygen atoms in total. The Labute approximate surface area is 161 Å². The number of nitro groups is 1. The van der Waals surface area contributed by atoms with E-state index in [-0.39, 0.29) is 16.8 Å². The van der Waals surface area contributed by atoms with Gasteiger partial charge in [0.05, 0.1) is 23.3 Å². The largest absolute Gasteiger partial charge is 0.495 e. The summed E-state index contributed by atoms with van der Waals surface area (Å²) >= 11 is 1.15. The predicted octanol–water partition coefficient (Wildman–Crippen LogP) is 3.97. The van der Waals surface area contributed by atoms with Gasteiger partial charge in [-0.3, -0.25) is 10.1 Å². The van der Waals surface area contributed by atoms with Crippen molar-refractivity contribution in [1.82, 2.24) is 10.2 Å². The molecule has 140 valence electrons. The van der Waals surface area contributed by atoms with Gasteiger partial charge in [-0.05, 0) is 24.3 Å². The molecule has 2 aromatic heterocycles. The summed E-state index contributed by atoms with van der Waals surface area (Å²) in [6.07, 6.45) is 0. The van der Waals surface area contributed by atoms with Crippen molar-refractivity contribution in [2.45, 2.75) is 0 Å². The third-order valence-electron chi connectivity index (χ3n) is 3.93. The highest BCUT2D eigenvalue weighted by molar-refractivity contribution is 7.18. The molecule has 2 heterocycles. The van der Waals surface area contributed by atoms with Crippen molar-refractivity contribution < 1.29 is 14.1 Å². The zero-order chi connectivity index (χ0) is 19.7. The summed E-state index contributed by atoms with van der Waals surface area (Å²) in [5.41, 5.74) is 0.452. The van der Waals surface area contributed by atoms with Gasteiger partial charge in [-0.15, -0.1) is 10.2 Å². The number of anilines is 2. The predicted molar refractivity (Wildman–Crippen MR) is 104 cm³/mol. The van der Waals surface area contributed by atoms with Crippen LogP contribution in [-0.4, -0.2) is 22.2 Å². The molecule has 0 radical (unpaired) electrons. The minimum Gasteiger partial charge on any atom is -0.495 e. The molecular weight excluding hydrogens is 384 g/mol. The Bertz CT molecular complexity index is 1250. The van der Waals surface area contributed by atoms with Crippen molar-refractivity contribution in [3.63, 3.8) is 0 Å². The van der Waals surface area contributed by atoms with E-state index in [9.17, 15) is 14.9 Å². The molecule has 2 aromatic carbocycles. The van der Waals surface area contributed by atoms with Crippen molar-refractivity contribution in [1.29, 1.82) is 0 Å². The standard InChI is InChI=1S/C18H12N4O5S/c1-26-15-5-3-2-4-13(15)19-18-21-20-16(28-18)12-9-10-8-11(22(24)25)6-7-14(10)27-17(12)23/h2-9H,1H3,(H,19,21). The number of ether oxygens (including phenoxy) is 1. The van der Waals surface area contributed by atoms with Crippen LogP contribution in [0.1, 0.15) is 0 Å². The highest BCUT2D eigenvalue weighted by Gasteiger charge is 2.16. The minimum absolute atomic E-state index is 0.0944. The van der Waals surface area contributed by atoms with Crippen LogP contribution in [0.25, 0.3) is 21.5 Å². The van der Waals surface area contributed by atoms with Crippen LogP contribution >= 0.6 is 11.3 Å². The lowest BCUT2D eigenvalue weighted by Gasteiger charge is -2.07. The Morgan fingerprint density at radius 2 is 2.00 bits per heavy atom. The van der Waals surface area contributed by atoms with Crippen molar-refractivity contribution in [3.8, 4) is 16.3 Å². The summed E-state index contributed by atoms with van der Waals surface area (Å²) in [6.45, 7) is 0. The number of methoxy groups -OCH3 is 1. The number of fused-ring (bicyclic) bond motifs is 1. The fourth-order valence-corrected chi connectivity index (χ4v) is 3.38. The van der Waals surface area contributed by atoms with Gasteiger partial charge >= 0.3 is 5.63 Å².